The molecular weight excluding hydrogens is 266 g/mol. The summed E-state index contributed by atoms with van der Waals surface area (Å²) in [4.78, 5) is 0. The van der Waals surface area contributed by atoms with E-state index >= 15 is 0 Å². The van der Waals surface area contributed by atoms with Gasteiger partial charge in [-0.2, -0.15) is 0 Å². The van der Waals surface area contributed by atoms with E-state index in [1.165, 1.54) is 5.41 Å². The smallest absolute Gasteiger partial charge is 0.173 e. The molecule has 0 aliphatic carbocycles. The maximum absolute atomic E-state index is 11.2. The van der Waals surface area contributed by atoms with Crippen LogP contribution in [0.15, 0.2) is 35.7 Å². The summed E-state index contributed by atoms with van der Waals surface area (Å²) < 4.78 is 32.9. The zero-order chi connectivity index (χ0) is 13.7. The van der Waals surface area contributed by atoms with Crippen molar-refractivity contribution in [2.75, 3.05) is 26.0 Å². The van der Waals surface area contributed by atoms with Gasteiger partial charge in [-0.1, -0.05) is 6.08 Å². The lowest BCUT2D eigenvalue weighted by Crippen LogP contribution is -2.33. The number of ether oxygens (including phenoxy) is 2. The first-order chi connectivity index (χ1) is 9.09. The van der Waals surface area contributed by atoms with E-state index in [4.69, 9.17) is 9.47 Å². The Morgan fingerprint density at radius 1 is 1.26 bits per heavy atom. The zero-order valence-electron chi connectivity index (χ0n) is 10.7. The summed E-state index contributed by atoms with van der Waals surface area (Å²) in [5.74, 6) is 1.68. The molecule has 0 radical (unpaired) electrons. The third kappa shape index (κ3) is 4.25. The summed E-state index contributed by atoms with van der Waals surface area (Å²) in [6, 6.07) is 7.21. The van der Waals surface area contributed by atoms with E-state index in [2.05, 4.69) is 5.32 Å². The molecule has 0 aromatic heterocycles. The number of nitrogens with one attached hydrogen (secondary N) is 1. The summed E-state index contributed by atoms with van der Waals surface area (Å²) >= 11 is 0. The van der Waals surface area contributed by atoms with Gasteiger partial charge in [0.05, 0.1) is 12.9 Å². The first-order valence-electron chi connectivity index (χ1n) is 6.00. The highest BCUT2D eigenvalue weighted by molar-refractivity contribution is 7.94. The molecule has 1 atom stereocenters. The Morgan fingerprint density at radius 2 is 1.95 bits per heavy atom. The van der Waals surface area contributed by atoms with Crippen LogP contribution in [0.3, 0.4) is 0 Å². The predicted molar refractivity (Wildman–Crippen MR) is 73.2 cm³/mol. The third-order valence-corrected chi connectivity index (χ3v) is 4.16. The molecule has 19 heavy (non-hydrogen) atoms. The van der Waals surface area contributed by atoms with E-state index < -0.39 is 9.84 Å². The molecular formula is C13H17NO4S. The molecule has 1 aliphatic heterocycles. The lowest BCUT2D eigenvalue weighted by atomic mass is 10.3. The quantitative estimate of drug-likeness (QED) is 0.788. The summed E-state index contributed by atoms with van der Waals surface area (Å²) in [7, 11) is -1.38. The van der Waals surface area contributed by atoms with Gasteiger partial charge in [-0.3, -0.25) is 0 Å². The summed E-state index contributed by atoms with van der Waals surface area (Å²) in [5, 5.41) is 4.37. The number of benzene rings is 1. The summed E-state index contributed by atoms with van der Waals surface area (Å²) in [6.45, 7) is 1.08. The zero-order valence-corrected chi connectivity index (χ0v) is 11.5. The second-order valence-corrected chi connectivity index (χ2v) is 6.17. The number of sulfone groups is 1. The van der Waals surface area contributed by atoms with E-state index in [-0.39, 0.29) is 11.8 Å². The minimum absolute atomic E-state index is 0.107. The molecule has 5 nitrogen and oxygen atoms in total. The van der Waals surface area contributed by atoms with Gasteiger partial charge >= 0.3 is 0 Å². The van der Waals surface area contributed by atoms with Crippen molar-refractivity contribution in [1.29, 1.82) is 0 Å². The standard InChI is InChI=1S/C13H17NO4S/c1-17-12-2-4-13(5-3-12)18-8-7-14-11-6-9-19(15,16)10-11/h2-6,9,11,14H,7-8,10H2,1H3. The normalized spacial score (nSPS) is 20.4. The second kappa shape index (κ2) is 6.08. The Bertz CT molecular complexity index is 536. The van der Waals surface area contributed by atoms with Crippen LogP contribution >= 0.6 is 0 Å². The minimum Gasteiger partial charge on any atom is -0.497 e. The highest BCUT2D eigenvalue weighted by Crippen LogP contribution is 2.16. The lowest BCUT2D eigenvalue weighted by molar-refractivity contribution is 0.311. The Hall–Kier alpha value is -1.53. The largest absolute Gasteiger partial charge is 0.497 e. The van der Waals surface area contributed by atoms with E-state index in [1.54, 1.807) is 13.2 Å². The molecule has 2 rings (SSSR count). The minimum atomic E-state index is -2.99. The van der Waals surface area contributed by atoms with Crippen LogP contribution in [0.25, 0.3) is 0 Å². The molecule has 6 heteroatoms. The Kier molecular flexibility index (Phi) is 4.44. The maximum Gasteiger partial charge on any atom is 0.173 e. The lowest BCUT2D eigenvalue weighted by Gasteiger charge is -2.11. The van der Waals surface area contributed by atoms with Crippen LogP contribution in [-0.4, -0.2) is 40.5 Å². The van der Waals surface area contributed by atoms with Crippen LogP contribution in [0.4, 0.5) is 0 Å². The van der Waals surface area contributed by atoms with E-state index in [0.29, 0.717) is 13.2 Å². The van der Waals surface area contributed by atoms with E-state index in [9.17, 15) is 8.42 Å². The van der Waals surface area contributed by atoms with Crippen LogP contribution in [0.1, 0.15) is 0 Å². The van der Waals surface area contributed by atoms with Crippen molar-refractivity contribution in [2.24, 2.45) is 0 Å². The SMILES string of the molecule is COc1ccc(OCCNC2C=CS(=O)(=O)C2)cc1. The van der Waals surface area contributed by atoms with Gasteiger partial charge in [0.1, 0.15) is 18.1 Å². The molecule has 1 heterocycles. The molecule has 1 unspecified atom stereocenters. The molecule has 104 valence electrons. The van der Waals surface area contributed by atoms with Crippen molar-refractivity contribution in [2.45, 2.75) is 6.04 Å². The van der Waals surface area contributed by atoms with Gasteiger partial charge in [-0.25, -0.2) is 8.42 Å². The van der Waals surface area contributed by atoms with Gasteiger partial charge in [0.2, 0.25) is 0 Å². The van der Waals surface area contributed by atoms with Gasteiger partial charge in [0.25, 0.3) is 0 Å². The Morgan fingerprint density at radius 3 is 2.53 bits per heavy atom. The van der Waals surface area contributed by atoms with Crippen LogP contribution in [-0.2, 0) is 9.84 Å². The summed E-state index contributed by atoms with van der Waals surface area (Å²) in [6.07, 6.45) is 1.67. The first-order valence-corrected chi connectivity index (χ1v) is 7.72. The van der Waals surface area contributed by atoms with Gasteiger partial charge in [-0.05, 0) is 24.3 Å². The van der Waals surface area contributed by atoms with Crippen molar-refractivity contribution in [3.63, 3.8) is 0 Å². The van der Waals surface area contributed by atoms with Gasteiger partial charge in [0, 0.05) is 18.0 Å². The van der Waals surface area contributed by atoms with Crippen molar-refractivity contribution in [1.82, 2.24) is 5.32 Å². The van der Waals surface area contributed by atoms with Crippen LogP contribution in [0.5, 0.6) is 11.5 Å². The molecule has 1 N–H and O–H groups in total. The Balaban J connectivity index is 1.68. The number of hydrogen-bond donors (Lipinski definition) is 1. The molecule has 0 spiro atoms. The van der Waals surface area contributed by atoms with Crippen LogP contribution in [0.2, 0.25) is 0 Å². The monoisotopic (exact) mass is 283 g/mol. The highest BCUT2D eigenvalue weighted by atomic mass is 32.2. The molecule has 0 saturated carbocycles. The van der Waals surface area contributed by atoms with Crippen LogP contribution in [0, 0.1) is 0 Å². The average molecular weight is 283 g/mol. The molecule has 0 fully saturated rings. The fraction of sp³-hybridized carbons (Fsp3) is 0.385. The predicted octanol–water partition coefficient (Wildman–Crippen LogP) is 0.974. The van der Waals surface area contributed by atoms with E-state index in [1.807, 2.05) is 24.3 Å². The average Bonchev–Trinajstić information content (AvgIpc) is 2.75. The number of rotatable bonds is 6. The second-order valence-electron chi connectivity index (χ2n) is 4.24. The van der Waals surface area contributed by atoms with Crippen LogP contribution < -0.4 is 14.8 Å². The van der Waals surface area contributed by atoms with E-state index in [0.717, 1.165) is 11.5 Å². The molecule has 0 amide bonds. The molecule has 1 aromatic rings. The van der Waals surface area contributed by atoms with Gasteiger partial charge in [0.15, 0.2) is 9.84 Å². The molecule has 1 aromatic carbocycles. The Labute approximate surface area is 113 Å². The summed E-state index contributed by atoms with van der Waals surface area (Å²) in [5.41, 5.74) is 0. The number of hydrogen-bond acceptors (Lipinski definition) is 5. The van der Waals surface area contributed by atoms with Gasteiger partial charge < -0.3 is 14.8 Å². The van der Waals surface area contributed by atoms with Crippen molar-refractivity contribution in [3.8, 4) is 11.5 Å². The molecule has 0 bridgehead atoms. The van der Waals surface area contributed by atoms with Crippen molar-refractivity contribution in [3.05, 3.63) is 35.7 Å². The maximum atomic E-state index is 11.2. The fourth-order valence-electron chi connectivity index (χ4n) is 1.79. The highest BCUT2D eigenvalue weighted by Gasteiger charge is 2.20. The van der Waals surface area contributed by atoms with Gasteiger partial charge in [-0.15, -0.1) is 0 Å². The topological polar surface area (TPSA) is 64.6 Å². The molecule has 0 saturated heterocycles. The fourth-order valence-corrected chi connectivity index (χ4v) is 3.06. The van der Waals surface area contributed by atoms with Crippen molar-refractivity contribution < 1.29 is 17.9 Å². The third-order valence-electron chi connectivity index (χ3n) is 2.77. The molecule has 1 aliphatic rings. The first kappa shape index (κ1) is 13.9. The number of methoxy groups -OCH3 is 1. The van der Waals surface area contributed by atoms with Crippen molar-refractivity contribution >= 4 is 9.84 Å².